The number of alkyl halides is 3. The largest absolute Gasteiger partial charge is 0.433 e. The lowest BCUT2D eigenvalue weighted by Crippen LogP contribution is -2.14. The van der Waals surface area contributed by atoms with Crippen molar-refractivity contribution in [1.29, 1.82) is 0 Å². The molecule has 5 nitrogen and oxygen atoms in total. The lowest BCUT2D eigenvalue weighted by molar-refractivity contribution is -0.142. The Balaban J connectivity index is 2.14. The number of carbonyl (C=O) groups excluding carboxylic acids is 1. The van der Waals surface area contributed by atoms with Crippen LogP contribution in [0.4, 0.5) is 13.2 Å². The number of amides is 1. The second-order valence-electron chi connectivity index (χ2n) is 4.57. The summed E-state index contributed by atoms with van der Waals surface area (Å²) < 4.78 is 40.4. The minimum atomic E-state index is -4.61. The first-order valence-electron chi connectivity index (χ1n) is 6.34. The molecule has 0 aliphatic carbocycles. The molecule has 0 bridgehead atoms. The zero-order valence-electron chi connectivity index (χ0n) is 11.4. The average Bonchev–Trinajstić information content (AvgIpc) is 3.14. The van der Waals surface area contributed by atoms with Gasteiger partial charge in [-0.3, -0.25) is 4.79 Å². The van der Waals surface area contributed by atoms with E-state index in [2.05, 4.69) is 10.1 Å². The third-order valence-corrected chi connectivity index (χ3v) is 3.81. The predicted octanol–water partition coefficient (Wildman–Crippen LogP) is 3.11. The molecule has 0 spiro atoms. The SMILES string of the molecule is NC(=O)c1csc(-n2nc(-c3ccccc3)cc2C(F)(F)F)n1. The highest BCUT2D eigenvalue weighted by molar-refractivity contribution is 7.12. The van der Waals surface area contributed by atoms with Crippen LogP contribution in [0.1, 0.15) is 16.2 Å². The van der Waals surface area contributed by atoms with Gasteiger partial charge in [-0.05, 0) is 6.07 Å². The Morgan fingerprint density at radius 1 is 1.22 bits per heavy atom. The minimum absolute atomic E-state index is 0.0756. The Labute approximate surface area is 132 Å². The van der Waals surface area contributed by atoms with Crippen molar-refractivity contribution in [2.45, 2.75) is 6.18 Å². The molecule has 0 saturated heterocycles. The minimum Gasteiger partial charge on any atom is -0.364 e. The van der Waals surface area contributed by atoms with Crippen molar-refractivity contribution in [2.24, 2.45) is 5.73 Å². The summed E-state index contributed by atoms with van der Waals surface area (Å²) in [4.78, 5) is 14.9. The molecule has 118 valence electrons. The summed E-state index contributed by atoms with van der Waals surface area (Å²) in [5.41, 5.74) is 4.71. The molecule has 0 fully saturated rings. The Morgan fingerprint density at radius 2 is 1.91 bits per heavy atom. The smallest absolute Gasteiger partial charge is 0.364 e. The molecule has 2 aromatic heterocycles. The molecule has 0 aliphatic heterocycles. The molecule has 0 atom stereocenters. The fraction of sp³-hybridized carbons (Fsp3) is 0.0714. The van der Waals surface area contributed by atoms with E-state index in [1.165, 1.54) is 5.38 Å². The summed E-state index contributed by atoms with van der Waals surface area (Å²) >= 11 is 0.858. The average molecular weight is 338 g/mol. The molecule has 1 aromatic carbocycles. The molecular weight excluding hydrogens is 329 g/mol. The number of hydrogen-bond acceptors (Lipinski definition) is 4. The molecule has 2 N–H and O–H groups in total. The Bertz CT molecular complexity index is 855. The number of carbonyl (C=O) groups is 1. The van der Waals surface area contributed by atoms with E-state index in [0.717, 1.165) is 17.4 Å². The quantitative estimate of drug-likeness (QED) is 0.797. The maximum absolute atomic E-state index is 13.3. The van der Waals surface area contributed by atoms with Crippen LogP contribution >= 0.6 is 11.3 Å². The first-order chi connectivity index (χ1) is 10.9. The van der Waals surface area contributed by atoms with Crippen LogP contribution in [0.15, 0.2) is 41.8 Å². The standard InChI is InChI=1S/C14H9F3N4OS/c15-14(16,17)11-6-9(8-4-2-1-3-5-8)20-21(11)13-19-10(7-23-13)12(18)22/h1-7H,(H2,18,22). The van der Waals surface area contributed by atoms with E-state index >= 15 is 0 Å². The van der Waals surface area contributed by atoms with Gasteiger partial charge < -0.3 is 5.73 Å². The zero-order valence-corrected chi connectivity index (χ0v) is 12.2. The third kappa shape index (κ3) is 2.95. The summed E-state index contributed by atoms with van der Waals surface area (Å²) in [5.74, 6) is -0.809. The van der Waals surface area contributed by atoms with E-state index < -0.39 is 17.8 Å². The highest BCUT2D eigenvalue weighted by atomic mass is 32.1. The van der Waals surface area contributed by atoms with Gasteiger partial charge in [-0.25, -0.2) is 9.67 Å². The van der Waals surface area contributed by atoms with Crippen LogP contribution in [0.2, 0.25) is 0 Å². The topological polar surface area (TPSA) is 73.8 Å². The fourth-order valence-electron chi connectivity index (χ4n) is 1.95. The predicted molar refractivity (Wildman–Crippen MR) is 78.2 cm³/mol. The molecule has 1 amide bonds. The monoisotopic (exact) mass is 338 g/mol. The van der Waals surface area contributed by atoms with Crippen molar-refractivity contribution >= 4 is 17.2 Å². The van der Waals surface area contributed by atoms with Crippen molar-refractivity contribution in [2.75, 3.05) is 0 Å². The van der Waals surface area contributed by atoms with E-state index in [4.69, 9.17) is 5.73 Å². The van der Waals surface area contributed by atoms with E-state index in [-0.39, 0.29) is 16.5 Å². The van der Waals surface area contributed by atoms with Gasteiger partial charge in [-0.15, -0.1) is 11.3 Å². The molecule has 3 aromatic rings. The first-order valence-corrected chi connectivity index (χ1v) is 7.22. The van der Waals surface area contributed by atoms with Crippen LogP contribution in [0.5, 0.6) is 0 Å². The molecule has 0 aliphatic rings. The van der Waals surface area contributed by atoms with E-state index in [1.807, 2.05) is 0 Å². The second-order valence-corrected chi connectivity index (χ2v) is 5.41. The van der Waals surface area contributed by atoms with Crippen molar-refractivity contribution in [3.63, 3.8) is 0 Å². The lowest BCUT2D eigenvalue weighted by atomic mass is 10.1. The molecule has 23 heavy (non-hydrogen) atoms. The van der Waals surface area contributed by atoms with Gasteiger partial charge in [0.05, 0.1) is 5.69 Å². The molecule has 9 heteroatoms. The number of benzene rings is 1. The van der Waals surface area contributed by atoms with Crippen molar-refractivity contribution < 1.29 is 18.0 Å². The maximum Gasteiger partial charge on any atom is 0.433 e. The Morgan fingerprint density at radius 3 is 2.48 bits per heavy atom. The van der Waals surface area contributed by atoms with Gasteiger partial charge in [-0.2, -0.15) is 18.3 Å². The number of thiazole rings is 1. The number of nitrogens with two attached hydrogens (primary N) is 1. The van der Waals surface area contributed by atoms with Crippen LogP contribution in [0, 0.1) is 0 Å². The van der Waals surface area contributed by atoms with Gasteiger partial charge in [0.15, 0.2) is 5.69 Å². The van der Waals surface area contributed by atoms with E-state index in [0.29, 0.717) is 10.2 Å². The molecule has 3 rings (SSSR count). The second kappa shape index (κ2) is 5.51. The van der Waals surface area contributed by atoms with Gasteiger partial charge in [0.1, 0.15) is 5.69 Å². The van der Waals surface area contributed by atoms with Gasteiger partial charge in [0.2, 0.25) is 5.13 Å². The van der Waals surface area contributed by atoms with Gasteiger partial charge in [-0.1, -0.05) is 30.3 Å². The van der Waals surface area contributed by atoms with Crippen molar-refractivity contribution in [3.05, 3.63) is 53.2 Å². The number of primary amides is 1. The fourth-order valence-corrected chi connectivity index (χ4v) is 2.73. The third-order valence-electron chi connectivity index (χ3n) is 3.00. The molecule has 0 saturated carbocycles. The van der Waals surface area contributed by atoms with Crippen LogP contribution < -0.4 is 5.73 Å². The maximum atomic E-state index is 13.3. The van der Waals surface area contributed by atoms with Crippen LogP contribution in [-0.4, -0.2) is 20.7 Å². The van der Waals surface area contributed by atoms with E-state index in [1.54, 1.807) is 30.3 Å². The Hall–Kier alpha value is -2.68. The molecule has 0 unspecified atom stereocenters. The molecule has 2 heterocycles. The van der Waals surface area contributed by atoms with Gasteiger partial charge >= 0.3 is 6.18 Å². The summed E-state index contributed by atoms with van der Waals surface area (Å²) in [6, 6.07) is 9.42. The first kappa shape index (κ1) is 15.2. The number of rotatable bonds is 3. The summed E-state index contributed by atoms with van der Waals surface area (Å²) in [6.45, 7) is 0. The van der Waals surface area contributed by atoms with Crippen LogP contribution in [0.25, 0.3) is 16.4 Å². The van der Waals surface area contributed by atoms with Crippen LogP contribution in [-0.2, 0) is 6.18 Å². The summed E-state index contributed by atoms with van der Waals surface area (Å²) in [5, 5.41) is 5.20. The number of hydrogen-bond donors (Lipinski definition) is 1. The van der Waals surface area contributed by atoms with E-state index in [9.17, 15) is 18.0 Å². The molecular formula is C14H9F3N4OS. The lowest BCUT2D eigenvalue weighted by Gasteiger charge is -2.06. The summed E-state index contributed by atoms with van der Waals surface area (Å²) in [7, 11) is 0. The van der Waals surface area contributed by atoms with Crippen molar-refractivity contribution in [3.8, 4) is 16.4 Å². The van der Waals surface area contributed by atoms with Crippen molar-refractivity contribution in [1.82, 2.24) is 14.8 Å². The van der Waals surface area contributed by atoms with Crippen LogP contribution in [0.3, 0.4) is 0 Å². The van der Waals surface area contributed by atoms with Gasteiger partial charge in [0, 0.05) is 10.9 Å². The molecule has 0 radical (unpaired) electrons. The number of aromatic nitrogens is 3. The highest BCUT2D eigenvalue weighted by Gasteiger charge is 2.37. The number of halogens is 3. The normalized spacial score (nSPS) is 11.6. The highest BCUT2D eigenvalue weighted by Crippen LogP contribution is 2.34. The number of nitrogens with zero attached hydrogens (tertiary/aromatic N) is 3. The summed E-state index contributed by atoms with van der Waals surface area (Å²) in [6.07, 6.45) is -4.61. The Kier molecular flexibility index (Phi) is 3.64. The zero-order chi connectivity index (χ0) is 16.6. The van der Waals surface area contributed by atoms with Gasteiger partial charge in [0.25, 0.3) is 5.91 Å².